The first-order valence-corrected chi connectivity index (χ1v) is 12.0. The third-order valence-electron chi connectivity index (χ3n) is 6.65. The fourth-order valence-electron chi connectivity index (χ4n) is 4.80. The van der Waals surface area contributed by atoms with E-state index in [0.29, 0.717) is 41.3 Å². The molecule has 1 aromatic carbocycles. The van der Waals surface area contributed by atoms with Gasteiger partial charge in [-0.05, 0) is 62.8 Å². The Kier molecular flexibility index (Phi) is 7.21. The molecule has 1 aliphatic heterocycles. The monoisotopic (exact) mass is 476 g/mol. The standard InChI is InChI=1S/C27H32N4O4/c1-5-29(6-2)14-10-16-31-24(19-11-9-12-20(17-19)35-4)22(26(33)27(31)34)25(32)23-18(3)28-21-13-7-8-15-30(21)23/h7-9,11-13,15,17,24,32H,5-6,10,14,16H2,1-4H3/b25-22+/t24-/m1/s1. The number of likely N-dealkylation sites (tertiary alicyclic amines) is 1. The number of pyridine rings is 1. The molecule has 1 amide bonds. The highest BCUT2D eigenvalue weighted by atomic mass is 16.5. The van der Waals surface area contributed by atoms with E-state index in [4.69, 9.17) is 4.74 Å². The summed E-state index contributed by atoms with van der Waals surface area (Å²) in [6.45, 7) is 9.03. The number of hydrogen-bond donors (Lipinski definition) is 1. The van der Waals surface area contributed by atoms with Gasteiger partial charge in [0.2, 0.25) is 0 Å². The molecule has 35 heavy (non-hydrogen) atoms. The Bertz CT molecular complexity index is 1280. The van der Waals surface area contributed by atoms with E-state index in [2.05, 4.69) is 23.7 Å². The van der Waals surface area contributed by atoms with Crippen LogP contribution >= 0.6 is 0 Å². The summed E-state index contributed by atoms with van der Waals surface area (Å²) in [5, 5.41) is 11.5. The van der Waals surface area contributed by atoms with Crippen molar-refractivity contribution in [3.8, 4) is 5.75 Å². The fraction of sp³-hybridized carbons (Fsp3) is 0.370. The number of ketones is 1. The van der Waals surface area contributed by atoms with Crippen molar-refractivity contribution in [3.05, 3.63) is 71.2 Å². The molecule has 0 spiro atoms. The van der Waals surface area contributed by atoms with E-state index < -0.39 is 17.7 Å². The van der Waals surface area contributed by atoms with Gasteiger partial charge in [0.25, 0.3) is 11.7 Å². The van der Waals surface area contributed by atoms with Crippen molar-refractivity contribution in [1.82, 2.24) is 19.2 Å². The van der Waals surface area contributed by atoms with E-state index in [0.717, 1.165) is 19.6 Å². The molecule has 3 heterocycles. The van der Waals surface area contributed by atoms with Crippen LogP contribution < -0.4 is 4.74 Å². The maximum atomic E-state index is 13.4. The fourth-order valence-corrected chi connectivity index (χ4v) is 4.80. The number of imidazole rings is 1. The summed E-state index contributed by atoms with van der Waals surface area (Å²) in [6, 6.07) is 12.1. The van der Waals surface area contributed by atoms with Crippen molar-refractivity contribution in [2.24, 2.45) is 0 Å². The van der Waals surface area contributed by atoms with Gasteiger partial charge < -0.3 is 19.6 Å². The lowest BCUT2D eigenvalue weighted by atomic mass is 9.96. The first kappa shape index (κ1) is 24.5. The molecule has 8 nitrogen and oxygen atoms in total. The van der Waals surface area contributed by atoms with Gasteiger partial charge in [0.1, 0.15) is 17.1 Å². The van der Waals surface area contributed by atoms with Gasteiger partial charge in [-0.1, -0.05) is 32.0 Å². The second-order valence-corrected chi connectivity index (χ2v) is 8.62. The Balaban J connectivity index is 1.83. The van der Waals surface area contributed by atoms with Crippen LogP contribution in [-0.2, 0) is 9.59 Å². The van der Waals surface area contributed by atoms with E-state index in [1.54, 1.807) is 29.5 Å². The number of aromatic nitrogens is 2. The average molecular weight is 477 g/mol. The zero-order chi connectivity index (χ0) is 25.1. The number of Topliss-reactive ketones (excluding diaryl/α,β-unsaturated/α-hetero) is 1. The Morgan fingerprint density at radius 3 is 2.63 bits per heavy atom. The molecule has 0 unspecified atom stereocenters. The Morgan fingerprint density at radius 1 is 1.14 bits per heavy atom. The molecule has 1 atom stereocenters. The molecule has 8 heteroatoms. The number of carbonyl (C=O) groups excluding carboxylic acids is 2. The SMILES string of the molecule is CCN(CC)CCCN1C(=O)C(=O)/C(=C(/O)c2c(C)nc3ccccn23)[C@H]1c1cccc(OC)c1. The predicted molar refractivity (Wildman–Crippen MR) is 134 cm³/mol. The highest BCUT2D eigenvalue weighted by molar-refractivity contribution is 6.46. The van der Waals surface area contributed by atoms with Crippen LogP contribution in [0.2, 0.25) is 0 Å². The van der Waals surface area contributed by atoms with E-state index in [1.807, 2.05) is 42.5 Å². The Labute approximate surface area is 205 Å². The van der Waals surface area contributed by atoms with E-state index in [1.165, 1.54) is 0 Å². The van der Waals surface area contributed by atoms with Gasteiger partial charge in [-0.25, -0.2) is 4.98 Å². The minimum absolute atomic E-state index is 0.0693. The Morgan fingerprint density at radius 2 is 1.91 bits per heavy atom. The lowest BCUT2D eigenvalue weighted by Crippen LogP contribution is -2.33. The zero-order valence-electron chi connectivity index (χ0n) is 20.7. The molecule has 1 N–H and O–H groups in total. The summed E-state index contributed by atoms with van der Waals surface area (Å²) in [6.07, 6.45) is 2.49. The molecule has 1 saturated heterocycles. The number of nitrogens with zero attached hydrogens (tertiary/aromatic N) is 4. The molecule has 1 aliphatic rings. The van der Waals surface area contributed by atoms with E-state index in [9.17, 15) is 14.7 Å². The van der Waals surface area contributed by atoms with Crippen LogP contribution in [0.1, 0.15) is 43.3 Å². The number of hydrogen-bond acceptors (Lipinski definition) is 6. The molecule has 1 fully saturated rings. The minimum Gasteiger partial charge on any atom is -0.505 e. The normalized spacial score (nSPS) is 17.6. The van der Waals surface area contributed by atoms with Gasteiger partial charge in [-0.3, -0.25) is 14.0 Å². The molecule has 0 bridgehead atoms. The second-order valence-electron chi connectivity index (χ2n) is 8.62. The van der Waals surface area contributed by atoms with Crippen LogP contribution in [0.15, 0.2) is 54.2 Å². The third-order valence-corrected chi connectivity index (χ3v) is 6.65. The number of aliphatic hydroxyl groups excluding tert-OH is 1. The first-order chi connectivity index (χ1) is 16.9. The maximum absolute atomic E-state index is 13.4. The van der Waals surface area contributed by atoms with Gasteiger partial charge in [-0.2, -0.15) is 0 Å². The van der Waals surface area contributed by atoms with Crippen molar-refractivity contribution in [2.75, 3.05) is 33.3 Å². The molecule has 0 radical (unpaired) electrons. The largest absolute Gasteiger partial charge is 0.505 e. The van der Waals surface area contributed by atoms with Crippen molar-refractivity contribution in [2.45, 2.75) is 33.2 Å². The van der Waals surface area contributed by atoms with Crippen LogP contribution in [0.5, 0.6) is 5.75 Å². The van der Waals surface area contributed by atoms with E-state index >= 15 is 0 Å². The van der Waals surface area contributed by atoms with Crippen LogP contribution in [0.25, 0.3) is 11.4 Å². The predicted octanol–water partition coefficient (Wildman–Crippen LogP) is 3.80. The molecular weight excluding hydrogens is 444 g/mol. The van der Waals surface area contributed by atoms with E-state index in [-0.39, 0.29) is 11.3 Å². The number of fused-ring (bicyclic) bond motifs is 1. The summed E-state index contributed by atoms with van der Waals surface area (Å²) < 4.78 is 7.14. The number of aryl methyl sites for hydroxylation is 1. The number of carbonyl (C=O) groups is 2. The molecule has 0 saturated carbocycles. The highest BCUT2D eigenvalue weighted by Crippen LogP contribution is 2.40. The number of rotatable bonds is 9. The van der Waals surface area contributed by atoms with Crippen molar-refractivity contribution in [3.63, 3.8) is 0 Å². The molecular formula is C27H32N4O4. The van der Waals surface area contributed by atoms with Gasteiger partial charge in [0.05, 0.1) is 24.4 Å². The zero-order valence-corrected chi connectivity index (χ0v) is 20.7. The van der Waals surface area contributed by atoms with Crippen molar-refractivity contribution in [1.29, 1.82) is 0 Å². The summed E-state index contributed by atoms with van der Waals surface area (Å²) in [5.74, 6) is -0.908. The summed E-state index contributed by atoms with van der Waals surface area (Å²) in [4.78, 5) is 35.0. The highest BCUT2D eigenvalue weighted by Gasteiger charge is 2.46. The quantitative estimate of drug-likeness (QED) is 0.287. The van der Waals surface area contributed by atoms with Crippen LogP contribution in [0.4, 0.5) is 0 Å². The number of amides is 1. The van der Waals surface area contributed by atoms with Gasteiger partial charge >= 0.3 is 0 Å². The number of benzene rings is 1. The first-order valence-electron chi connectivity index (χ1n) is 12.0. The van der Waals surface area contributed by atoms with Gasteiger partial charge in [0.15, 0.2) is 5.76 Å². The number of aliphatic hydroxyl groups is 1. The summed E-state index contributed by atoms with van der Waals surface area (Å²) in [7, 11) is 1.57. The van der Waals surface area contributed by atoms with Crippen molar-refractivity contribution < 1.29 is 19.4 Å². The molecule has 2 aromatic heterocycles. The topological polar surface area (TPSA) is 87.4 Å². The molecule has 184 valence electrons. The van der Waals surface area contributed by atoms with Crippen LogP contribution in [0.3, 0.4) is 0 Å². The smallest absolute Gasteiger partial charge is 0.295 e. The second kappa shape index (κ2) is 10.3. The molecule has 4 rings (SSSR count). The lowest BCUT2D eigenvalue weighted by Gasteiger charge is -2.27. The van der Waals surface area contributed by atoms with Crippen LogP contribution in [-0.4, -0.2) is 69.3 Å². The maximum Gasteiger partial charge on any atom is 0.295 e. The molecule has 3 aromatic rings. The number of ether oxygens (including phenoxy) is 1. The third kappa shape index (κ3) is 4.53. The lowest BCUT2D eigenvalue weighted by molar-refractivity contribution is -0.140. The Hall–Kier alpha value is -3.65. The van der Waals surface area contributed by atoms with Gasteiger partial charge in [-0.15, -0.1) is 0 Å². The van der Waals surface area contributed by atoms with Gasteiger partial charge in [0, 0.05) is 12.7 Å². The average Bonchev–Trinajstić information content (AvgIpc) is 3.34. The number of methoxy groups -OCH3 is 1. The minimum atomic E-state index is -0.726. The van der Waals surface area contributed by atoms with Crippen LogP contribution in [0, 0.1) is 6.92 Å². The summed E-state index contributed by atoms with van der Waals surface area (Å²) >= 11 is 0. The van der Waals surface area contributed by atoms with Crippen molar-refractivity contribution >= 4 is 23.1 Å². The molecule has 0 aliphatic carbocycles. The summed E-state index contributed by atoms with van der Waals surface area (Å²) in [5.41, 5.74) is 2.41.